The number of hydrogen-bond donors (Lipinski definition) is 2. The van der Waals surface area contributed by atoms with Crippen LogP contribution >= 0.6 is 0 Å². The number of carbonyl (C=O) groups excluding carboxylic acids is 1. The van der Waals surface area contributed by atoms with Gasteiger partial charge in [-0.25, -0.2) is 0 Å². The SMILES string of the molecule is C=C(C)C(O)C(O)C[C@H](C)[C@@H]1CC[C@]2(C)C3=CC[C@H]4C(C)(C)C(=O)CC[C@]4(C)[C@H]3CC[C@@]12C. The molecule has 0 amide bonds. The average molecular weight is 457 g/mol. The number of Topliss-reactive ketones (excluding diaryl/α,β-unsaturated/α-hetero) is 1. The normalized spacial score (nSPS) is 44.7. The zero-order chi connectivity index (χ0) is 24.6. The fraction of sp³-hybridized carbons (Fsp3) is 0.833. The molecule has 0 aromatic carbocycles. The Bertz CT molecular complexity index is 855. The quantitative estimate of drug-likeness (QED) is 0.465. The minimum Gasteiger partial charge on any atom is -0.390 e. The highest BCUT2D eigenvalue weighted by atomic mass is 16.3. The molecule has 0 aromatic heterocycles. The van der Waals surface area contributed by atoms with Crippen molar-refractivity contribution < 1.29 is 15.0 Å². The van der Waals surface area contributed by atoms with Crippen molar-refractivity contribution in [3.8, 4) is 0 Å². The molecule has 0 radical (unpaired) electrons. The van der Waals surface area contributed by atoms with E-state index in [-0.39, 0.29) is 21.7 Å². The standard InChI is InChI=1S/C30H48O3/c1-18(2)26(33)23(31)17-19(3)20-11-15-30(8)22-9-10-24-27(4,5)25(32)13-14-28(24,6)21(22)12-16-29(20,30)7/h9,19-21,23-24,26,31,33H,1,10-17H2,2-8H3/t19-,20-,21-,23?,24-,26?,28+,29-,30+/m0/s1. The maximum Gasteiger partial charge on any atom is 0.138 e. The molecular weight excluding hydrogens is 408 g/mol. The van der Waals surface area contributed by atoms with Gasteiger partial charge >= 0.3 is 0 Å². The molecule has 0 aliphatic heterocycles. The molecule has 4 rings (SSSR count). The Labute approximate surface area is 202 Å². The molecule has 2 N–H and O–H groups in total. The van der Waals surface area contributed by atoms with Crippen molar-refractivity contribution in [3.63, 3.8) is 0 Å². The highest BCUT2D eigenvalue weighted by Gasteiger charge is 2.65. The van der Waals surface area contributed by atoms with E-state index in [2.05, 4.69) is 54.2 Å². The molecule has 3 fully saturated rings. The Balaban J connectivity index is 1.62. The first-order valence-corrected chi connectivity index (χ1v) is 13.5. The van der Waals surface area contributed by atoms with Crippen LogP contribution in [0.2, 0.25) is 0 Å². The largest absolute Gasteiger partial charge is 0.390 e. The average Bonchev–Trinajstić information content (AvgIpc) is 3.02. The highest BCUT2D eigenvalue weighted by Crippen LogP contribution is 2.73. The maximum atomic E-state index is 12.8. The molecule has 9 atom stereocenters. The van der Waals surface area contributed by atoms with Crippen LogP contribution in [0, 0.1) is 45.3 Å². The van der Waals surface area contributed by atoms with E-state index in [0.717, 1.165) is 19.3 Å². The van der Waals surface area contributed by atoms with Gasteiger partial charge in [0, 0.05) is 11.8 Å². The number of rotatable bonds is 5. The van der Waals surface area contributed by atoms with Crippen LogP contribution in [0.1, 0.15) is 99.8 Å². The summed E-state index contributed by atoms with van der Waals surface area (Å²) in [6.07, 6.45) is 9.28. The first kappa shape index (κ1) is 25.2. The number of aliphatic hydroxyl groups excluding tert-OH is 2. The van der Waals surface area contributed by atoms with E-state index in [4.69, 9.17) is 0 Å². The van der Waals surface area contributed by atoms with Gasteiger partial charge in [-0.05, 0) is 97.4 Å². The molecule has 0 bridgehead atoms. The lowest BCUT2D eigenvalue weighted by Crippen LogP contribution is -2.57. The number of aliphatic hydroxyl groups is 2. The summed E-state index contributed by atoms with van der Waals surface area (Å²) < 4.78 is 0. The summed E-state index contributed by atoms with van der Waals surface area (Å²) >= 11 is 0. The first-order valence-electron chi connectivity index (χ1n) is 13.5. The summed E-state index contributed by atoms with van der Waals surface area (Å²) in [6.45, 7) is 19.8. The summed E-state index contributed by atoms with van der Waals surface area (Å²) in [5, 5.41) is 20.9. The zero-order valence-corrected chi connectivity index (χ0v) is 22.2. The van der Waals surface area contributed by atoms with Crippen molar-refractivity contribution >= 4 is 5.78 Å². The van der Waals surface area contributed by atoms with Crippen molar-refractivity contribution in [3.05, 3.63) is 23.8 Å². The van der Waals surface area contributed by atoms with Crippen LogP contribution in [0.3, 0.4) is 0 Å². The molecular formula is C30H48O3. The van der Waals surface area contributed by atoms with Crippen LogP contribution in [0.15, 0.2) is 23.8 Å². The Hall–Kier alpha value is -0.930. The summed E-state index contributed by atoms with van der Waals surface area (Å²) in [5.41, 5.74) is 2.73. The number of fused-ring (bicyclic) bond motifs is 5. The fourth-order valence-corrected chi connectivity index (χ4v) is 9.47. The van der Waals surface area contributed by atoms with E-state index >= 15 is 0 Å². The van der Waals surface area contributed by atoms with Gasteiger partial charge < -0.3 is 10.2 Å². The van der Waals surface area contributed by atoms with Gasteiger partial charge in [-0.1, -0.05) is 59.8 Å². The molecule has 33 heavy (non-hydrogen) atoms. The van der Waals surface area contributed by atoms with Crippen LogP contribution in [0.4, 0.5) is 0 Å². The van der Waals surface area contributed by atoms with Gasteiger partial charge in [0.05, 0.1) is 6.10 Å². The van der Waals surface area contributed by atoms with Crippen LogP contribution in [0.5, 0.6) is 0 Å². The molecule has 3 heteroatoms. The third kappa shape index (κ3) is 3.46. The van der Waals surface area contributed by atoms with Crippen molar-refractivity contribution in [2.24, 2.45) is 45.3 Å². The van der Waals surface area contributed by atoms with Gasteiger partial charge in [0.2, 0.25) is 0 Å². The van der Waals surface area contributed by atoms with Gasteiger partial charge in [0.25, 0.3) is 0 Å². The van der Waals surface area contributed by atoms with Gasteiger partial charge in [-0.2, -0.15) is 0 Å². The van der Waals surface area contributed by atoms with E-state index < -0.39 is 12.2 Å². The van der Waals surface area contributed by atoms with E-state index in [9.17, 15) is 15.0 Å². The lowest BCUT2D eigenvalue weighted by Gasteiger charge is -2.63. The second kappa shape index (κ2) is 8.05. The second-order valence-corrected chi connectivity index (χ2v) is 13.7. The van der Waals surface area contributed by atoms with Crippen molar-refractivity contribution in [2.45, 2.75) is 112 Å². The second-order valence-electron chi connectivity index (χ2n) is 13.7. The first-order chi connectivity index (χ1) is 15.2. The summed E-state index contributed by atoms with van der Waals surface area (Å²) in [5.74, 6) is 2.40. The van der Waals surface area contributed by atoms with Crippen LogP contribution in [-0.4, -0.2) is 28.2 Å². The molecule has 186 valence electrons. The fourth-order valence-electron chi connectivity index (χ4n) is 9.47. The minimum absolute atomic E-state index is 0.187. The van der Waals surface area contributed by atoms with Gasteiger partial charge in [0.15, 0.2) is 0 Å². The van der Waals surface area contributed by atoms with Crippen molar-refractivity contribution in [1.29, 1.82) is 0 Å². The number of ketones is 1. The van der Waals surface area contributed by atoms with E-state index in [1.165, 1.54) is 25.7 Å². The summed E-state index contributed by atoms with van der Waals surface area (Å²) in [4.78, 5) is 12.8. The van der Waals surface area contributed by atoms with E-state index in [1.54, 1.807) is 12.5 Å². The molecule has 0 aromatic rings. The lowest BCUT2D eigenvalue weighted by molar-refractivity contribution is -0.146. The molecule has 4 aliphatic carbocycles. The highest BCUT2D eigenvalue weighted by molar-refractivity contribution is 5.85. The number of hydrogen-bond acceptors (Lipinski definition) is 3. The van der Waals surface area contributed by atoms with Crippen LogP contribution < -0.4 is 0 Å². The van der Waals surface area contributed by atoms with Gasteiger partial charge in [0.1, 0.15) is 11.9 Å². The van der Waals surface area contributed by atoms with Gasteiger partial charge in [-0.15, -0.1) is 0 Å². The molecule has 3 saturated carbocycles. The summed E-state index contributed by atoms with van der Waals surface area (Å²) in [6, 6.07) is 0. The third-order valence-electron chi connectivity index (χ3n) is 11.8. The van der Waals surface area contributed by atoms with Crippen LogP contribution in [-0.2, 0) is 4.79 Å². The lowest BCUT2D eigenvalue weighted by atomic mass is 9.41. The zero-order valence-electron chi connectivity index (χ0n) is 22.2. The molecule has 2 unspecified atom stereocenters. The molecule has 3 nitrogen and oxygen atoms in total. The topological polar surface area (TPSA) is 57.5 Å². The molecule has 4 aliphatic rings. The molecule has 0 heterocycles. The van der Waals surface area contributed by atoms with E-state index in [0.29, 0.717) is 41.4 Å². The Morgan fingerprint density at radius 2 is 1.79 bits per heavy atom. The van der Waals surface area contributed by atoms with Crippen molar-refractivity contribution in [1.82, 2.24) is 0 Å². The molecule has 0 spiro atoms. The smallest absolute Gasteiger partial charge is 0.138 e. The summed E-state index contributed by atoms with van der Waals surface area (Å²) in [7, 11) is 0. The third-order valence-corrected chi connectivity index (χ3v) is 11.8. The Kier molecular flexibility index (Phi) is 6.14. The van der Waals surface area contributed by atoms with Crippen LogP contribution in [0.25, 0.3) is 0 Å². The Morgan fingerprint density at radius 3 is 2.42 bits per heavy atom. The monoisotopic (exact) mass is 456 g/mol. The molecule has 0 saturated heterocycles. The van der Waals surface area contributed by atoms with Crippen molar-refractivity contribution in [2.75, 3.05) is 0 Å². The van der Waals surface area contributed by atoms with Gasteiger partial charge in [-0.3, -0.25) is 4.79 Å². The predicted molar refractivity (Wildman–Crippen MR) is 135 cm³/mol. The number of carbonyl (C=O) groups is 1. The maximum absolute atomic E-state index is 12.8. The Morgan fingerprint density at radius 1 is 1.12 bits per heavy atom. The minimum atomic E-state index is -0.834. The predicted octanol–water partition coefficient (Wildman–Crippen LogP) is 6.48. The van der Waals surface area contributed by atoms with E-state index in [1.807, 2.05) is 0 Å². The number of allylic oxidation sites excluding steroid dienone is 2.